The fourth-order valence-corrected chi connectivity index (χ4v) is 7.78. The Morgan fingerprint density at radius 3 is 1.70 bits per heavy atom. The van der Waals surface area contributed by atoms with Gasteiger partial charge in [-0.2, -0.15) is 0 Å². The van der Waals surface area contributed by atoms with Gasteiger partial charge in [0.2, 0.25) is 0 Å². The Balaban J connectivity index is 1.21. The lowest BCUT2D eigenvalue weighted by Crippen LogP contribution is -2.20. The smallest absolute Gasteiger partial charge is 0.155 e. The number of ether oxygens (including phenoxy) is 2. The van der Waals surface area contributed by atoms with Crippen LogP contribution < -0.4 is 14.4 Å². The molecule has 0 unspecified atom stereocenters. The van der Waals surface area contributed by atoms with Crippen LogP contribution in [0.25, 0.3) is 59.8 Å². The summed E-state index contributed by atoms with van der Waals surface area (Å²) in [7, 11) is 0. The van der Waals surface area contributed by atoms with Crippen LogP contribution in [0, 0.1) is 0 Å². The molecule has 0 fully saturated rings. The first-order chi connectivity index (χ1) is 22.8. The molecule has 214 valence electrons. The summed E-state index contributed by atoms with van der Waals surface area (Å²) in [5, 5.41) is 9.98. The monoisotopic (exact) mass is 588 g/mol. The number of hydrogen-bond donors (Lipinski definition) is 0. The van der Waals surface area contributed by atoms with Crippen LogP contribution in [-0.4, -0.2) is 4.57 Å². The second kappa shape index (κ2) is 8.68. The molecule has 2 aliphatic heterocycles. The lowest BCUT2D eigenvalue weighted by Gasteiger charge is -2.37. The molecule has 4 heteroatoms. The number of aromatic nitrogens is 1. The Morgan fingerprint density at radius 1 is 0.348 bits per heavy atom. The van der Waals surface area contributed by atoms with Crippen molar-refractivity contribution < 1.29 is 9.47 Å². The van der Waals surface area contributed by atoms with Crippen molar-refractivity contribution in [2.24, 2.45) is 0 Å². The summed E-state index contributed by atoms with van der Waals surface area (Å²) in [5.41, 5.74) is 6.32. The standard InChI is InChI=1S/C42H24N2O2/c1-2-12-28-26(10-1)27-11-3-4-13-29(27)32-22-25(20-21-30(28)32)43-34-15-6-5-14-31(34)33-23-37-41(24-36(33)43)46-40-19-9-18-39-42(40)44(37)35-16-7-8-17-38(35)45-39/h1-24H. The summed E-state index contributed by atoms with van der Waals surface area (Å²) in [5.74, 6) is 3.22. The van der Waals surface area contributed by atoms with Crippen molar-refractivity contribution in [2.45, 2.75) is 0 Å². The summed E-state index contributed by atoms with van der Waals surface area (Å²) in [6.45, 7) is 0. The minimum absolute atomic E-state index is 0.783. The Bertz CT molecular complexity index is 2740. The third-order valence-corrected chi connectivity index (χ3v) is 9.71. The number of hydrogen-bond acceptors (Lipinski definition) is 3. The van der Waals surface area contributed by atoms with Gasteiger partial charge in [-0.1, -0.05) is 91.0 Å². The van der Waals surface area contributed by atoms with Crippen LogP contribution in [0.5, 0.6) is 23.0 Å². The van der Waals surface area contributed by atoms with E-state index in [-0.39, 0.29) is 0 Å². The van der Waals surface area contributed by atoms with E-state index in [0.717, 1.165) is 56.8 Å². The molecule has 0 radical (unpaired) electrons. The normalized spacial score (nSPS) is 13.1. The van der Waals surface area contributed by atoms with Crippen molar-refractivity contribution in [2.75, 3.05) is 4.90 Å². The third-order valence-electron chi connectivity index (χ3n) is 9.71. The van der Waals surface area contributed by atoms with Gasteiger partial charge in [-0.3, -0.25) is 4.90 Å². The van der Waals surface area contributed by atoms with Crippen molar-refractivity contribution in [1.82, 2.24) is 4.57 Å². The molecule has 4 nitrogen and oxygen atoms in total. The highest BCUT2D eigenvalue weighted by molar-refractivity contribution is 6.25. The highest BCUT2D eigenvalue weighted by atomic mass is 16.5. The topological polar surface area (TPSA) is 26.6 Å². The zero-order chi connectivity index (χ0) is 29.9. The van der Waals surface area contributed by atoms with Crippen LogP contribution in [0.15, 0.2) is 146 Å². The van der Waals surface area contributed by atoms with Gasteiger partial charge >= 0.3 is 0 Å². The van der Waals surface area contributed by atoms with E-state index in [1.807, 2.05) is 30.3 Å². The highest BCUT2D eigenvalue weighted by Crippen LogP contribution is 2.60. The summed E-state index contributed by atoms with van der Waals surface area (Å²) in [6.07, 6.45) is 0. The molecule has 0 amide bonds. The summed E-state index contributed by atoms with van der Waals surface area (Å²) >= 11 is 0. The quantitative estimate of drug-likeness (QED) is 0.179. The molecule has 0 spiro atoms. The van der Waals surface area contributed by atoms with Crippen LogP contribution in [0.4, 0.5) is 17.1 Å². The highest BCUT2D eigenvalue weighted by Gasteiger charge is 2.35. The SMILES string of the molecule is c1ccc2c(c1)Oc1cccc3c1N2c1cc2c4ccccc4n(-c4ccc5c6ccccc6c6ccccc6c5c4)c2cc1O3. The molecule has 0 saturated carbocycles. The van der Waals surface area contributed by atoms with Crippen molar-refractivity contribution in [3.05, 3.63) is 146 Å². The van der Waals surface area contributed by atoms with E-state index in [0.29, 0.717) is 0 Å². The van der Waals surface area contributed by atoms with Gasteiger partial charge in [-0.25, -0.2) is 0 Å². The lowest BCUT2D eigenvalue weighted by molar-refractivity contribution is 0.446. The van der Waals surface area contributed by atoms with Gasteiger partial charge in [0, 0.05) is 22.5 Å². The molecule has 8 aromatic carbocycles. The van der Waals surface area contributed by atoms with Crippen LogP contribution in [0.2, 0.25) is 0 Å². The van der Waals surface area contributed by atoms with Crippen molar-refractivity contribution in [3.8, 4) is 28.7 Å². The van der Waals surface area contributed by atoms with Gasteiger partial charge in [0.05, 0.1) is 22.4 Å². The van der Waals surface area contributed by atoms with E-state index in [4.69, 9.17) is 9.47 Å². The summed E-state index contributed by atoms with van der Waals surface area (Å²) < 4.78 is 15.4. The molecule has 3 heterocycles. The van der Waals surface area contributed by atoms with Crippen molar-refractivity contribution >= 4 is 71.2 Å². The number of para-hydroxylation sites is 4. The molecule has 0 N–H and O–H groups in total. The van der Waals surface area contributed by atoms with Gasteiger partial charge in [-0.15, -0.1) is 0 Å². The van der Waals surface area contributed by atoms with Crippen LogP contribution in [-0.2, 0) is 0 Å². The molecule has 0 aliphatic carbocycles. The zero-order valence-electron chi connectivity index (χ0n) is 24.6. The molecular formula is C42H24N2O2. The van der Waals surface area contributed by atoms with E-state index in [1.54, 1.807) is 0 Å². The summed E-state index contributed by atoms with van der Waals surface area (Å²) in [6, 6.07) is 51.8. The first-order valence-corrected chi connectivity index (χ1v) is 15.6. The average Bonchev–Trinajstić information content (AvgIpc) is 3.43. The van der Waals surface area contributed by atoms with E-state index in [9.17, 15) is 0 Å². The largest absolute Gasteiger partial charge is 0.453 e. The first kappa shape index (κ1) is 24.1. The maximum absolute atomic E-state index is 6.68. The van der Waals surface area contributed by atoms with Crippen molar-refractivity contribution in [1.29, 1.82) is 0 Å². The van der Waals surface area contributed by atoms with Gasteiger partial charge in [0.15, 0.2) is 23.0 Å². The fraction of sp³-hybridized carbons (Fsp3) is 0. The second-order valence-electron chi connectivity index (χ2n) is 12.1. The van der Waals surface area contributed by atoms with Gasteiger partial charge in [0.25, 0.3) is 0 Å². The second-order valence-corrected chi connectivity index (χ2v) is 12.1. The molecule has 0 atom stereocenters. The lowest BCUT2D eigenvalue weighted by atomic mass is 9.94. The number of nitrogens with zero attached hydrogens (tertiary/aromatic N) is 2. The minimum atomic E-state index is 0.783. The molecule has 0 bridgehead atoms. The maximum Gasteiger partial charge on any atom is 0.155 e. The summed E-state index contributed by atoms with van der Waals surface area (Å²) in [4.78, 5) is 2.29. The van der Waals surface area contributed by atoms with Crippen LogP contribution in [0.3, 0.4) is 0 Å². The number of benzene rings is 8. The van der Waals surface area contributed by atoms with E-state index in [2.05, 4.69) is 125 Å². The van der Waals surface area contributed by atoms with Crippen LogP contribution >= 0.6 is 0 Å². The van der Waals surface area contributed by atoms with Gasteiger partial charge in [-0.05, 0) is 80.8 Å². The Kier molecular flexibility index (Phi) is 4.55. The van der Waals surface area contributed by atoms with Crippen LogP contribution in [0.1, 0.15) is 0 Å². The number of fused-ring (bicyclic) bond motifs is 13. The molecular weight excluding hydrogens is 564 g/mol. The maximum atomic E-state index is 6.68. The number of anilines is 3. The number of rotatable bonds is 1. The Labute approximate surface area is 263 Å². The van der Waals surface area contributed by atoms with E-state index >= 15 is 0 Å². The minimum Gasteiger partial charge on any atom is -0.453 e. The zero-order valence-corrected chi connectivity index (χ0v) is 24.6. The van der Waals surface area contributed by atoms with Gasteiger partial charge < -0.3 is 14.0 Å². The molecule has 11 rings (SSSR count). The predicted molar refractivity (Wildman–Crippen MR) is 188 cm³/mol. The Hall–Kier alpha value is -6.26. The molecule has 0 saturated heterocycles. The molecule has 1 aromatic heterocycles. The molecule has 2 aliphatic rings. The molecule has 46 heavy (non-hydrogen) atoms. The Morgan fingerprint density at radius 2 is 0.935 bits per heavy atom. The fourth-order valence-electron chi connectivity index (χ4n) is 7.78. The van der Waals surface area contributed by atoms with E-state index < -0.39 is 0 Å². The average molecular weight is 589 g/mol. The first-order valence-electron chi connectivity index (χ1n) is 15.6. The van der Waals surface area contributed by atoms with Gasteiger partial charge in [0.1, 0.15) is 5.69 Å². The molecule has 9 aromatic rings. The third kappa shape index (κ3) is 3.07. The van der Waals surface area contributed by atoms with E-state index in [1.165, 1.54) is 43.1 Å². The predicted octanol–water partition coefficient (Wildman–Crippen LogP) is 11.9. The van der Waals surface area contributed by atoms with Crippen molar-refractivity contribution in [3.63, 3.8) is 0 Å².